The second-order valence-corrected chi connectivity index (χ2v) is 8.25. The molecule has 0 spiro atoms. The molecule has 3 atom stereocenters. The monoisotopic (exact) mass is 465 g/mol. The number of aliphatic hydroxyl groups excluding tert-OH is 1. The van der Waals surface area contributed by atoms with Crippen LogP contribution in [0.5, 0.6) is 5.75 Å². The SMILES string of the molecule is CC(Oc1cc(-c2cnn(C3CCNCC3O)c2)cnc1N)c1c(Cl)ccc(F)c1Cl. The lowest BCUT2D eigenvalue weighted by atomic mass is 10.0. The number of ether oxygens (including phenoxy) is 1. The van der Waals surface area contributed by atoms with E-state index in [1.54, 1.807) is 30.1 Å². The Morgan fingerprint density at radius 1 is 1.32 bits per heavy atom. The normalized spacial score (nSPS) is 19.9. The van der Waals surface area contributed by atoms with Crippen LogP contribution in [-0.4, -0.2) is 39.1 Å². The van der Waals surface area contributed by atoms with Gasteiger partial charge in [0.25, 0.3) is 0 Å². The van der Waals surface area contributed by atoms with Crippen LogP contribution >= 0.6 is 23.2 Å². The summed E-state index contributed by atoms with van der Waals surface area (Å²) in [7, 11) is 0. The predicted octanol–water partition coefficient (Wildman–Crippen LogP) is 4.01. The van der Waals surface area contributed by atoms with E-state index in [9.17, 15) is 9.50 Å². The fourth-order valence-corrected chi connectivity index (χ4v) is 4.36. The second kappa shape index (κ2) is 9.00. The van der Waals surface area contributed by atoms with Crippen LogP contribution in [0, 0.1) is 5.82 Å². The molecule has 0 amide bonds. The molecule has 1 aliphatic rings. The van der Waals surface area contributed by atoms with E-state index in [1.165, 1.54) is 12.1 Å². The first-order valence-electron chi connectivity index (χ1n) is 9.84. The standard InChI is InChI=1S/C21H22Cl2FN5O2/c1-11(19-14(22)2-3-15(24)20(19)23)31-18-6-12(7-27-21(18)25)13-8-28-29(10-13)16-4-5-26-9-17(16)30/h2-3,6-8,10-11,16-17,26,30H,4-5,9H2,1H3,(H2,25,27). The Morgan fingerprint density at radius 3 is 2.90 bits per heavy atom. The Labute approximate surface area is 188 Å². The van der Waals surface area contributed by atoms with Crippen molar-refractivity contribution >= 4 is 29.0 Å². The zero-order chi connectivity index (χ0) is 22.1. The number of benzene rings is 1. The van der Waals surface area contributed by atoms with Crippen molar-refractivity contribution in [2.24, 2.45) is 0 Å². The van der Waals surface area contributed by atoms with Crippen molar-refractivity contribution in [1.29, 1.82) is 0 Å². The molecule has 3 heterocycles. The molecule has 31 heavy (non-hydrogen) atoms. The van der Waals surface area contributed by atoms with E-state index in [4.69, 9.17) is 33.7 Å². The number of aromatic nitrogens is 3. The predicted molar refractivity (Wildman–Crippen MR) is 118 cm³/mol. The number of nitrogens with two attached hydrogens (primary N) is 1. The Bertz CT molecular complexity index is 1090. The van der Waals surface area contributed by atoms with Crippen molar-refractivity contribution < 1.29 is 14.2 Å². The Morgan fingerprint density at radius 2 is 2.13 bits per heavy atom. The van der Waals surface area contributed by atoms with Crippen LogP contribution in [-0.2, 0) is 0 Å². The van der Waals surface area contributed by atoms with Gasteiger partial charge in [-0.25, -0.2) is 9.37 Å². The molecule has 7 nitrogen and oxygen atoms in total. The van der Waals surface area contributed by atoms with Crippen LogP contribution in [0.25, 0.3) is 11.1 Å². The number of anilines is 1. The van der Waals surface area contributed by atoms with Gasteiger partial charge in [0.1, 0.15) is 11.9 Å². The Kier molecular flexibility index (Phi) is 6.34. The second-order valence-electron chi connectivity index (χ2n) is 7.46. The van der Waals surface area contributed by atoms with Gasteiger partial charge in [0.15, 0.2) is 11.6 Å². The summed E-state index contributed by atoms with van der Waals surface area (Å²) in [6, 6.07) is 4.28. The highest BCUT2D eigenvalue weighted by molar-refractivity contribution is 6.36. The molecule has 10 heteroatoms. The molecule has 1 fully saturated rings. The molecule has 2 aromatic heterocycles. The van der Waals surface area contributed by atoms with Crippen molar-refractivity contribution in [2.75, 3.05) is 18.8 Å². The summed E-state index contributed by atoms with van der Waals surface area (Å²) in [5.74, 6) is -0.0830. The average Bonchev–Trinajstić information content (AvgIpc) is 3.23. The Hall–Kier alpha value is -2.39. The lowest BCUT2D eigenvalue weighted by Crippen LogP contribution is -2.41. The van der Waals surface area contributed by atoms with Crippen molar-refractivity contribution in [3.63, 3.8) is 0 Å². The van der Waals surface area contributed by atoms with E-state index in [0.717, 1.165) is 24.1 Å². The van der Waals surface area contributed by atoms with Crippen LogP contribution in [0.2, 0.25) is 10.0 Å². The van der Waals surface area contributed by atoms with E-state index in [0.29, 0.717) is 22.9 Å². The minimum absolute atomic E-state index is 0.0928. The van der Waals surface area contributed by atoms with Crippen molar-refractivity contribution in [3.8, 4) is 16.9 Å². The molecule has 0 aliphatic carbocycles. The molecule has 1 aromatic carbocycles. The molecule has 0 bridgehead atoms. The van der Waals surface area contributed by atoms with Gasteiger partial charge in [-0.3, -0.25) is 4.68 Å². The van der Waals surface area contributed by atoms with Gasteiger partial charge >= 0.3 is 0 Å². The average molecular weight is 466 g/mol. The quantitative estimate of drug-likeness (QED) is 0.492. The molecule has 3 unspecified atom stereocenters. The fourth-order valence-electron chi connectivity index (χ4n) is 3.68. The minimum atomic E-state index is -0.664. The summed E-state index contributed by atoms with van der Waals surface area (Å²) in [4.78, 5) is 4.22. The summed E-state index contributed by atoms with van der Waals surface area (Å²) >= 11 is 12.3. The Balaban J connectivity index is 1.59. The number of β-amino-alcohol motifs (C(OH)–C–C–N with tert-alkyl or cyclic N) is 1. The highest BCUT2D eigenvalue weighted by Crippen LogP contribution is 2.37. The number of aliphatic hydroxyl groups is 1. The first-order valence-corrected chi connectivity index (χ1v) is 10.6. The van der Waals surface area contributed by atoms with E-state index in [1.807, 2.05) is 6.20 Å². The van der Waals surface area contributed by atoms with Gasteiger partial charge in [-0.1, -0.05) is 23.2 Å². The molecule has 1 aliphatic heterocycles. The number of pyridine rings is 1. The number of nitrogen functional groups attached to an aromatic ring is 1. The lowest BCUT2D eigenvalue weighted by molar-refractivity contribution is 0.0810. The van der Waals surface area contributed by atoms with Crippen LogP contribution in [0.3, 0.4) is 0 Å². The zero-order valence-corrected chi connectivity index (χ0v) is 18.2. The maximum Gasteiger partial charge on any atom is 0.166 e. The molecule has 3 aromatic rings. The summed E-state index contributed by atoms with van der Waals surface area (Å²) in [5, 5.41) is 18.0. The van der Waals surface area contributed by atoms with Gasteiger partial charge in [0.05, 0.1) is 23.4 Å². The molecular formula is C21H22Cl2FN5O2. The maximum atomic E-state index is 13.9. The number of piperidine rings is 1. The first-order chi connectivity index (χ1) is 14.8. The van der Waals surface area contributed by atoms with E-state index < -0.39 is 18.0 Å². The highest BCUT2D eigenvalue weighted by atomic mass is 35.5. The third-order valence-corrected chi connectivity index (χ3v) is 6.07. The third-order valence-electron chi connectivity index (χ3n) is 5.36. The molecular weight excluding hydrogens is 444 g/mol. The number of nitrogens with one attached hydrogen (secondary N) is 1. The number of hydrogen-bond donors (Lipinski definition) is 3. The van der Waals surface area contributed by atoms with Crippen molar-refractivity contribution in [1.82, 2.24) is 20.1 Å². The zero-order valence-electron chi connectivity index (χ0n) is 16.7. The third kappa shape index (κ3) is 4.48. The lowest BCUT2D eigenvalue weighted by Gasteiger charge is -2.28. The van der Waals surface area contributed by atoms with Gasteiger partial charge in [-0.15, -0.1) is 0 Å². The summed E-state index contributed by atoms with van der Waals surface area (Å²) < 4.78 is 21.6. The van der Waals surface area contributed by atoms with E-state index >= 15 is 0 Å². The van der Waals surface area contributed by atoms with Gasteiger partial charge in [-0.05, 0) is 38.1 Å². The van der Waals surface area contributed by atoms with Gasteiger partial charge in [-0.2, -0.15) is 5.10 Å². The number of halogens is 3. The van der Waals surface area contributed by atoms with Crippen molar-refractivity contribution in [2.45, 2.75) is 31.6 Å². The number of hydrogen-bond acceptors (Lipinski definition) is 6. The first kappa shape index (κ1) is 21.8. The molecule has 0 saturated carbocycles. The summed E-state index contributed by atoms with van der Waals surface area (Å²) in [6.07, 6.45) is 4.79. The van der Waals surface area contributed by atoms with Crippen molar-refractivity contribution in [3.05, 3.63) is 58.2 Å². The molecule has 1 saturated heterocycles. The maximum absolute atomic E-state index is 13.9. The molecule has 0 radical (unpaired) electrons. The summed E-state index contributed by atoms with van der Waals surface area (Å²) in [5.41, 5.74) is 7.88. The van der Waals surface area contributed by atoms with E-state index in [2.05, 4.69) is 15.4 Å². The van der Waals surface area contributed by atoms with Gasteiger partial charge < -0.3 is 20.9 Å². The molecule has 4 rings (SSSR count). The van der Waals surface area contributed by atoms with Gasteiger partial charge in [0.2, 0.25) is 0 Å². The van der Waals surface area contributed by atoms with Gasteiger partial charge in [0, 0.05) is 40.7 Å². The largest absolute Gasteiger partial charge is 0.482 e. The molecule has 4 N–H and O–H groups in total. The van der Waals surface area contributed by atoms with Crippen LogP contribution in [0.15, 0.2) is 36.8 Å². The number of rotatable bonds is 5. The summed E-state index contributed by atoms with van der Waals surface area (Å²) in [6.45, 7) is 3.06. The van der Waals surface area contributed by atoms with Crippen LogP contribution in [0.4, 0.5) is 10.2 Å². The van der Waals surface area contributed by atoms with Crippen LogP contribution in [0.1, 0.15) is 31.1 Å². The molecule has 164 valence electrons. The minimum Gasteiger partial charge on any atom is -0.482 e. The highest BCUT2D eigenvalue weighted by Gasteiger charge is 2.25. The topological polar surface area (TPSA) is 98.2 Å². The fraction of sp³-hybridized carbons (Fsp3) is 0.333. The number of nitrogens with zero attached hydrogens (tertiary/aromatic N) is 3. The smallest absolute Gasteiger partial charge is 0.166 e. The van der Waals surface area contributed by atoms with E-state index in [-0.39, 0.29) is 16.9 Å². The van der Waals surface area contributed by atoms with Crippen LogP contribution < -0.4 is 15.8 Å².